The number of rotatable bonds is 4. The van der Waals surface area contributed by atoms with Crippen molar-refractivity contribution in [1.29, 1.82) is 0 Å². The summed E-state index contributed by atoms with van der Waals surface area (Å²) in [6.07, 6.45) is 1.79. The van der Waals surface area contributed by atoms with E-state index in [0.717, 1.165) is 28.6 Å². The van der Waals surface area contributed by atoms with E-state index in [1.807, 2.05) is 31.2 Å². The molecule has 0 atom stereocenters. The maximum Gasteiger partial charge on any atom is 0.0974 e. The van der Waals surface area contributed by atoms with Crippen molar-refractivity contribution in [2.24, 2.45) is 5.73 Å². The highest BCUT2D eigenvalue weighted by Gasteiger charge is 2.07. The van der Waals surface area contributed by atoms with Crippen LogP contribution in [0, 0.1) is 6.92 Å². The molecule has 0 saturated carbocycles. The van der Waals surface area contributed by atoms with Crippen LogP contribution in [0.2, 0.25) is 5.02 Å². The van der Waals surface area contributed by atoms with Crippen molar-refractivity contribution in [3.8, 4) is 0 Å². The minimum absolute atomic E-state index is 0.684. The Morgan fingerprint density at radius 1 is 1.29 bits per heavy atom. The van der Waals surface area contributed by atoms with Gasteiger partial charge in [-0.05, 0) is 37.6 Å². The third-order valence-electron chi connectivity index (χ3n) is 2.58. The van der Waals surface area contributed by atoms with Gasteiger partial charge in [0.1, 0.15) is 0 Å². The summed E-state index contributed by atoms with van der Waals surface area (Å²) < 4.78 is 0. The molecule has 2 aromatic rings. The molecule has 90 valence electrons. The van der Waals surface area contributed by atoms with Gasteiger partial charge in [0, 0.05) is 16.3 Å². The van der Waals surface area contributed by atoms with Gasteiger partial charge in [0.15, 0.2) is 0 Å². The molecule has 0 spiro atoms. The summed E-state index contributed by atoms with van der Waals surface area (Å²) in [4.78, 5) is 5.88. The number of nitrogens with zero attached hydrogens (tertiary/aromatic N) is 1. The summed E-state index contributed by atoms with van der Waals surface area (Å²) in [5, 5.41) is 1.92. The van der Waals surface area contributed by atoms with Gasteiger partial charge in [-0.15, -0.1) is 11.3 Å². The highest BCUT2D eigenvalue weighted by Crippen LogP contribution is 2.21. The number of thiazole rings is 1. The topological polar surface area (TPSA) is 38.9 Å². The Kier molecular flexibility index (Phi) is 4.15. The number of benzene rings is 1. The standard InChI is InChI=1S/C13H15ClN2S/c1-9-12(6-7-15)17-13(16-9)8-10-2-4-11(14)5-3-10/h2-5H,6-8,15H2,1H3. The molecule has 1 heterocycles. The van der Waals surface area contributed by atoms with Crippen LogP contribution in [0.15, 0.2) is 24.3 Å². The number of aromatic nitrogens is 1. The van der Waals surface area contributed by atoms with Gasteiger partial charge in [0.2, 0.25) is 0 Å². The highest BCUT2D eigenvalue weighted by molar-refractivity contribution is 7.11. The van der Waals surface area contributed by atoms with E-state index >= 15 is 0 Å². The van der Waals surface area contributed by atoms with Crippen molar-refractivity contribution in [2.75, 3.05) is 6.54 Å². The molecule has 17 heavy (non-hydrogen) atoms. The van der Waals surface area contributed by atoms with Crippen LogP contribution in [0.25, 0.3) is 0 Å². The molecule has 0 aliphatic heterocycles. The molecule has 0 aliphatic rings. The molecular weight excluding hydrogens is 252 g/mol. The normalized spacial score (nSPS) is 10.8. The van der Waals surface area contributed by atoms with Crippen molar-refractivity contribution in [2.45, 2.75) is 19.8 Å². The van der Waals surface area contributed by atoms with Crippen molar-refractivity contribution >= 4 is 22.9 Å². The van der Waals surface area contributed by atoms with Crippen LogP contribution in [-0.4, -0.2) is 11.5 Å². The van der Waals surface area contributed by atoms with Gasteiger partial charge < -0.3 is 5.73 Å². The van der Waals surface area contributed by atoms with Crippen LogP contribution < -0.4 is 5.73 Å². The first-order chi connectivity index (χ1) is 8.19. The maximum atomic E-state index is 5.86. The molecule has 0 bridgehead atoms. The second-order valence-corrected chi connectivity index (χ2v) is 5.56. The van der Waals surface area contributed by atoms with Gasteiger partial charge in [-0.1, -0.05) is 23.7 Å². The highest BCUT2D eigenvalue weighted by atomic mass is 35.5. The zero-order chi connectivity index (χ0) is 12.3. The van der Waals surface area contributed by atoms with Crippen LogP contribution in [-0.2, 0) is 12.8 Å². The Bertz CT molecular complexity index is 491. The fourth-order valence-electron chi connectivity index (χ4n) is 1.70. The Morgan fingerprint density at radius 3 is 2.65 bits per heavy atom. The summed E-state index contributed by atoms with van der Waals surface area (Å²) in [6.45, 7) is 2.73. The lowest BCUT2D eigenvalue weighted by molar-refractivity contribution is 0.967. The van der Waals surface area contributed by atoms with Gasteiger partial charge in [0.25, 0.3) is 0 Å². The summed E-state index contributed by atoms with van der Waals surface area (Å²) in [5.74, 6) is 0. The largest absolute Gasteiger partial charge is 0.330 e. The molecule has 0 amide bonds. The van der Waals surface area contributed by atoms with Crippen LogP contribution >= 0.6 is 22.9 Å². The van der Waals surface area contributed by atoms with Crippen molar-refractivity contribution in [3.63, 3.8) is 0 Å². The van der Waals surface area contributed by atoms with Gasteiger partial charge in [-0.2, -0.15) is 0 Å². The Balaban J connectivity index is 2.13. The third-order valence-corrected chi connectivity index (χ3v) is 4.05. The molecule has 1 aromatic heterocycles. The molecule has 0 aliphatic carbocycles. The van der Waals surface area contributed by atoms with Gasteiger partial charge in [-0.25, -0.2) is 4.98 Å². The fraction of sp³-hybridized carbons (Fsp3) is 0.308. The summed E-state index contributed by atoms with van der Waals surface area (Å²) in [5.41, 5.74) is 7.93. The number of aryl methyl sites for hydroxylation is 1. The first-order valence-corrected chi connectivity index (χ1v) is 6.78. The van der Waals surface area contributed by atoms with E-state index in [0.29, 0.717) is 6.54 Å². The van der Waals surface area contributed by atoms with E-state index in [4.69, 9.17) is 17.3 Å². The van der Waals surface area contributed by atoms with E-state index in [1.54, 1.807) is 11.3 Å². The second-order valence-electron chi connectivity index (χ2n) is 3.96. The minimum Gasteiger partial charge on any atom is -0.330 e. The zero-order valence-corrected chi connectivity index (χ0v) is 11.3. The molecule has 1 aromatic carbocycles. The van der Waals surface area contributed by atoms with E-state index in [2.05, 4.69) is 4.98 Å². The van der Waals surface area contributed by atoms with Crippen LogP contribution in [0.3, 0.4) is 0 Å². The van der Waals surface area contributed by atoms with Crippen molar-refractivity contribution in [1.82, 2.24) is 4.98 Å². The molecule has 0 radical (unpaired) electrons. The lowest BCUT2D eigenvalue weighted by Crippen LogP contribution is -2.01. The number of hydrogen-bond acceptors (Lipinski definition) is 3. The van der Waals surface area contributed by atoms with Crippen LogP contribution in [0.5, 0.6) is 0 Å². The van der Waals surface area contributed by atoms with Crippen molar-refractivity contribution < 1.29 is 0 Å². The second kappa shape index (κ2) is 5.63. The average molecular weight is 267 g/mol. The minimum atomic E-state index is 0.684. The Hall–Kier alpha value is -0.900. The first kappa shape index (κ1) is 12.6. The van der Waals surface area contributed by atoms with Gasteiger partial charge in [-0.3, -0.25) is 0 Å². The molecule has 0 fully saturated rings. The van der Waals surface area contributed by atoms with Crippen LogP contribution in [0.1, 0.15) is 21.1 Å². The zero-order valence-electron chi connectivity index (χ0n) is 9.74. The lowest BCUT2D eigenvalue weighted by atomic mass is 10.2. The van der Waals surface area contributed by atoms with Gasteiger partial charge in [0.05, 0.1) is 10.7 Å². The van der Waals surface area contributed by atoms with E-state index in [1.165, 1.54) is 10.4 Å². The van der Waals surface area contributed by atoms with Crippen LogP contribution in [0.4, 0.5) is 0 Å². The fourth-order valence-corrected chi connectivity index (χ4v) is 2.95. The predicted octanol–water partition coefficient (Wildman–Crippen LogP) is 3.20. The Morgan fingerprint density at radius 2 is 2.00 bits per heavy atom. The number of nitrogens with two attached hydrogens (primary N) is 1. The van der Waals surface area contributed by atoms with Gasteiger partial charge >= 0.3 is 0 Å². The molecule has 2 N–H and O–H groups in total. The average Bonchev–Trinajstić information content (AvgIpc) is 2.63. The first-order valence-electron chi connectivity index (χ1n) is 5.58. The predicted molar refractivity (Wildman–Crippen MR) is 73.9 cm³/mol. The van der Waals surface area contributed by atoms with E-state index in [-0.39, 0.29) is 0 Å². The molecule has 4 heteroatoms. The molecule has 2 nitrogen and oxygen atoms in total. The summed E-state index contributed by atoms with van der Waals surface area (Å²) >= 11 is 7.62. The quantitative estimate of drug-likeness (QED) is 0.923. The molecule has 0 saturated heterocycles. The molecule has 2 rings (SSSR count). The SMILES string of the molecule is Cc1nc(Cc2ccc(Cl)cc2)sc1CCN. The number of hydrogen-bond donors (Lipinski definition) is 1. The lowest BCUT2D eigenvalue weighted by Gasteiger charge is -1.97. The summed E-state index contributed by atoms with van der Waals surface area (Å²) in [6, 6.07) is 7.92. The summed E-state index contributed by atoms with van der Waals surface area (Å²) in [7, 11) is 0. The van der Waals surface area contributed by atoms with E-state index < -0.39 is 0 Å². The monoisotopic (exact) mass is 266 g/mol. The van der Waals surface area contributed by atoms with E-state index in [9.17, 15) is 0 Å². The Labute approximate surface area is 110 Å². The molecule has 0 unspecified atom stereocenters. The van der Waals surface area contributed by atoms with Crippen molar-refractivity contribution in [3.05, 3.63) is 50.4 Å². The molecular formula is C13H15ClN2S. The smallest absolute Gasteiger partial charge is 0.0974 e. The third kappa shape index (κ3) is 3.28. The number of halogens is 1. The maximum absolute atomic E-state index is 5.86.